The highest BCUT2D eigenvalue weighted by Crippen LogP contribution is 2.34. The summed E-state index contributed by atoms with van der Waals surface area (Å²) >= 11 is 0. The van der Waals surface area contributed by atoms with E-state index in [9.17, 15) is 4.79 Å². The van der Waals surface area contributed by atoms with E-state index in [-0.39, 0.29) is 11.4 Å². The number of nitrogens with zero attached hydrogens (tertiary/aromatic N) is 1. The summed E-state index contributed by atoms with van der Waals surface area (Å²) in [5.74, 6) is 0.683. The molecule has 0 saturated heterocycles. The van der Waals surface area contributed by atoms with Gasteiger partial charge in [0.15, 0.2) is 0 Å². The highest BCUT2D eigenvalue weighted by molar-refractivity contribution is 5.95. The van der Waals surface area contributed by atoms with Crippen LogP contribution in [-0.2, 0) is 0 Å². The molecule has 1 amide bonds. The average molecular weight is 354 g/mol. The molecule has 0 aliphatic rings. The van der Waals surface area contributed by atoms with E-state index in [0.29, 0.717) is 17.4 Å². The Kier molecular flexibility index (Phi) is 6.06. The predicted molar refractivity (Wildman–Crippen MR) is 109 cm³/mol. The maximum absolute atomic E-state index is 12.4. The summed E-state index contributed by atoms with van der Waals surface area (Å²) in [5.41, 5.74) is 4.74. The molecule has 0 aliphatic heterocycles. The first kappa shape index (κ1) is 20.0. The summed E-state index contributed by atoms with van der Waals surface area (Å²) in [4.78, 5) is 16.7. The molecule has 0 bridgehead atoms. The number of carbonyl (C=O) groups excluding carboxylic acids is 1. The second-order valence-corrected chi connectivity index (χ2v) is 8.41. The van der Waals surface area contributed by atoms with Crippen LogP contribution in [0.2, 0.25) is 0 Å². The van der Waals surface area contributed by atoms with Crippen molar-refractivity contribution in [3.05, 3.63) is 53.3 Å². The predicted octanol–water partition coefficient (Wildman–Crippen LogP) is 5.60. The van der Waals surface area contributed by atoms with Crippen LogP contribution >= 0.6 is 0 Å². The van der Waals surface area contributed by atoms with Crippen LogP contribution in [0.5, 0.6) is 0 Å². The van der Waals surface area contributed by atoms with Crippen molar-refractivity contribution in [1.29, 1.82) is 0 Å². The van der Waals surface area contributed by atoms with Crippen molar-refractivity contribution in [2.24, 2.45) is 0 Å². The highest BCUT2D eigenvalue weighted by atomic mass is 16.1. The Labute approximate surface area is 157 Å². The average Bonchev–Trinajstić information content (AvgIpc) is 2.53. The van der Waals surface area contributed by atoms with Gasteiger partial charge in [-0.2, -0.15) is 0 Å². The summed E-state index contributed by atoms with van der Waals surface area (Å²) in [5, 5.41) is 6.50. The van der Waals surface area contributed by atoms with Gasteiger partial charge in [0.2, 0.25) is 0 Å². The molecule has 4 heteroatoms. The van der Waals surface area contributed by atoms with Crippen LogP contribution in [0.4, 0.5) is 11.4 Å². The number of amides is 1. The van der Waals surface area contributed by atoms with Gasteiger partial charge in [-0.1, -0.05) is 45.9 Å². The molecule has 2 aromatic rings. The third kappa shape index (κ3) is 5.07. The molecule has 0 atom stereocenters. The van der Waals surface area contributed by atoms with E-state index in [1.165, 1.54) is 11.1 Å². The first-order chi connectivity index (χ1) is 12.1. The Hall–Kier alpha value is -2.36. The fraction of sp³-hybridized carbons (Fsp3) is 0.455. The minimum Gasteiger partial charge on any atom is -0.354 e. The topological polar surface area (TPSA) is 54.0 Å². The van der Waals surface area contributed by atoms with Gasteiger partial charge in [0.05, 0.1) is 17.4 Å². The quantitative estimate of drug-likeness (QED) is 0.735. The number of anilines is 2. The van der Waals surface area contributed by atoms with E-state index >= 15 is 0 Å². The van der Waals surface area contributed by atoms with Crippen molar-refractivity contribution in [2.45, 2.75) is 65.8 Å². The maximum Gasteiger partial charge on any atom is 0.253 e. The molecule has 1 heterocycles. The van der Waals surface area contributed by atoms with E-state index < -0.39 is 0 Å². The van der Waals surface area contributed by atoms with Gasteiger partial charge < -0.3 is 10.6 Å². The minimum absolute atomic E-state index is 0.116. The highest BCUT2D eigenvalue weighted by Gasteiger charge is 2.17. The molecule has 0 fully saturated rings. The molecule has 0 unspecified atom stereocenters. The number of benzene rings is 1. The molecule has 0 radical (unpaired) electrons. The Bertz CT molecular complexity index is 747. The zero-order valence-electron chi connectivity index (χ0n) is 17.0. The zero-order valence-corrected chi connectivity index (χ0v) is 17.0. The lowest BCUT2D eigenvalue weighted by Crippen LogP contribution is -2.40. The summed E-state index contributed by atoms with van der Waals surface area (Å²) in [6.45, 7) is 14.7. The van der Waals surface area contributed by atoms with Crippen molar-refractivity contribution in [1.82, 2.24) is 10.3 Å². The number of para-hydroxylation sites is 1. The van der Waals surface area contributed by atoms with Crippen molar-refractivity contribution < 1.29 is 4.79 Å². The molecule has 4 nitrogen and oxygen atoms in total. The number of aromatic nitrogens is 1. The lowest BCUT2D eigenvalue weighted by Gasteiger charge is -2.22. The molecule has 1 aromatic carbocycles. The van der Waals surface area contributed by atoms with Crippen molar-refractivity contribution in [2.75, 3.05) is 5.32 Å². The van der Waals surface area contributed by atoms with Crippen LogP contribution in [-0.4, -0.2) is 16.4 Å². The summed E-state index contributed by atoms with van der Waals surface area (Å²) < 4.78 is 0. The zero-order chi connectivity index (χ0) is 19.5. The second kappa shape index (κ2) is 7.90. The summed E-state index contributed by atoms with van der Waals surface area (Å²) in [7, 11) is 0. The Balaban J connectivity index is 2.38. The monoisotopic (exact) mass is 353 g/mol. The number of hydrogen-bond donors (Lipinski definition) is 2. The van der Waals surface area contributed by atoms with Crippen LogP contribution in [0.15, 0.2) is 36.7 Å². The van der Waals surface area contributed by atoms with Gasteiger partial charge in [-0.05, 0) is 49.8 Å². The van der Waals surface area contributed by atoms with Gasteiger partial charge in [-0.3, -0.25) is 9.78 Å². The molecule has 2 rings (SSSR count). The summed E-state index contributed by atoms with van der Waals surface area (Å²) in [6, 6.07) is 8.28. The molecule has 1 aromatic heterocycles. The molecular formula is C22H31N3O. The Morgan fingerprint density at radius 3 is 2.08 bits per heavy atom. The SMILES string of the molecule is CC(C)c1cccc(C(C)C)c1Nc1cncc(C(=O)NC(C)(C)C)c1. The molecule has 2 N–H and O–H groups in total. The van der Waals surface area contributed by atoms with Crippen molar-refractivity contribution in [3.8, 4) is 0 Å². The van der Waals surface area contributed by atoms with Gasteiger partial charge in [0.1, 0.15) is 0 Å². The smallest absolute Gasteiger partial charge is 0.253 e. The number of carbonyl (C=O) groups is 1. The van der Waals surface area contributed by atoms with Crippen molar-refractivity contribution >= 4 is 17.3 Å². The first-order valence-corrected chi connectivity index (χ1v) is 9.26. The van der Waals surface area contributed by atoms with E-state index in [2.05, 4.69) is 61.5 Å². The first-order valence-electron chi connectivity index (χ1n) is 9.26. The normalized spacial score (nSPS) is 11.7. The lowest BCUT2D eigenvalue weighted by atomic mass is 9.92. The molecule has 0 saturated carbocycles. The Morgan fingerprint density at radius 1 is 1.00 bits per heavy atom. The lowest BCUT2D eigenvalue weighted by molar-refractivity contribution is 0.0919. The van der Waals surface area contributed by atoms with Gasteiger partial charge >= 0.3 is 0 Å². The molecular weight excluding hydrogens is 322 g/mol. The summed E-state index contributed by atoms with van der Waals surface area (Å²) in [6.07, 6.45) is 3.36. The maximum atomic E-state index is 12.4. The van der Waals surface area contributed by atoms with E-state index in [1.807, 2.05) is 26.8 Å². The van der Waals surface area contributed by atoms with E-state index in [4.69, 9.17) is 0 Å². The van der Waals surface area contributed by atoms with Crippen LogP contribution in [0.3, 0.4) is 0 Å². The van der Waals surface area contributed by atoms with Crippen LogP contribution in [0, 0.1) is 0 Å². The van der Waals surface area contributed by atoms with Gasteiger partial charge in [-0.15, -0.1) is 0 Å². The van der Waals surface area contributed by atoms with E-state index in [0.717, 1.165) is 11.4 Å². The van der Waals surface area contributed by atoms with Gasteiger partial charge in [-0.25, -0.2) is 0 Å². The molecule has 0 spiro atoms. The van der Waals surface area contributed by atoms with E-state index in [1.54, 1.807) is 12.4 Å². The number of rotatable bonds is 5. The van der Waals surface area contributed by atoms with Gasteiger partial charge in [0, 0.05) is 17.4 Å². The van der Waals surface area contributed by atoms with Crippen LogP contribution < -0.4 is 10.6 Å². The van der Waals surface area contributed by atoms with Crippen LogP contribution in [0.25, 0.3) is 0 Å². The standard InChI is InChI=1S/C22H31N3O/c1-14(2)18-9-8-10-19(15(3)4)20(18)24-17-11-16(12-23-13-17)21(26)25-22(5,6)7/h8-15,24H,1-7H3,(H,25,26). The fourth-order valence-electron chi connectivity index (χ4n) is 2.88. The molecule has 26 heavy (non-hydrogen) atoms. The van der Waals surface area contributed by atoms with Crippen molar-refractivity contribution in [3.63, 3.8) is 0 Å². The molecule has 0 aliphatic carbocycles. The largest absolute Gasteiger partial charge is 0.354 e. The van der Waals surface area contributed by atoms with Gasteiger partial charge in [0.25, 0.3) is 5.91 Å². The number of hydrogen-bond acceptors (Lipinski definition) is 3. The second-order valence-electron chi connectivity index (χ2n) is 8.41. The molecule has 140 valence electrons. The third-order valence-corrected chi connectivity index (χ3v) is 4.13. The number of pyridine rings is 1. The third-order valence-electron chi connectivity index (χ3n) is 4.13. The number of nitrogens with one attached hydrogen (secondary N) is 2. The van der Waals surface area contributed by atoms with Crippen LogP contribution in [0.1, 0.15) is 81.8 Å². The fourth-order valence-corrected chi connectivity index (χ4v) is 2.88. The minimum atomic E-state index is -0.282. The Morgan fingerprint density at radius 2 is 1.58 bits per heavy atom.